The van der Waals surface area contributed by atoms with Gasteiger partial charge in [0.25, 0.3) is 0 Å². The summed E-state index contributed by atoms with van der Waals surface area (Å²) < 4.78 is 2.20. The Morgan fingerprint density at radius 3 is 2.38 bits per heavy atom. The standard InChI is InChI=1S/C17H27N3S/c1-12(2)20-11-18-19-16(20)21-4-3-17-8-13-5-14(9-17)7-15(6-13)10-17/h11-15H,3-10H2,1-2H3. The zero-order chi connectivity index (χ0) is 14.4. The Morgan fingerprint density at radius 2 is 1.81 bits per heavy atom. The van der Waals surface area contributed by atoms with Crippen molar-refractivity contribution >= 4 is 11.8 Å². The Balaban J connectivity index is 1.38. The van der Waals surface area contributed by atoms with Crippen molar-refractivity contribution in [2.75, 3.05) is 5.75 Å². The van der Waals surface area contributed by atoms with Gasteiger partial charge in [-0.05, 0) is 82.0 Å². The third kappa shape index (κ3) is 2.64. The summed E-state index contributed by atoms with van der Waals surface area (Å²) in [5.41, 5.74) is 0.699. The molecular formula is C17H27N3S. The van der Waals surface area contributed by atoms with Crippen LogP contribution in [0.2, 0.25) is 0 Å². The van der Waals surface area contributed by atoms with E-state index in [-0.39, 0.29) is 0 Å². The molecule has 4 aliphatic carbocycles. The van der Waals surface area contributed by atoms with Crippen LogP contribution in [0.1, 0.15) is 64.8 Å². The van der Waals surface area contributed by atoms with E-state index in [4.69, 9.17) is 0 Å². The van der Waals surface area contributed by atoms with Gasteiger partial charge in [-0.25, -0.2) is 0 Å². The molecule has 4 fully saturated rings. The summed E-state index contributed by atoms with van der Waals surface area (Å²) in [4.78, 5) is 0. The summed E-state index contributed by atoms with van der Waals surface area (Å²) in [6.45, 7) is 4.40. The second kappa shape index (κ2) is 5.29. The average Bonchev–Trinajstić information content (AvgIpc) is 2.85. The average molecular weight is 305 g/mol. The van der Waals surface area contributed by atoms with E-state index in [1.54, 1.807) is 19.3 Å². The first-order valence-corrected chi connectivity index (χ1v) is 9.64. The van der Waals surface area contributed by atoms with Crippen LogP contribution in [0.4, 0.5) is 0 Å². The molecule has 21 heavy (non-hydrogen) atoms. The molecule has 4 saturated carbocycles. The van der Waals surface area contributed by atoms with Crippen LogP contribution < -0.4 is 0 Å². The van der Waals surface area contributed by atoms with E-state index in [2.05, 4.69) is 28.6 Å². The van der Waals surface area contributed by atoms with Crippen molar-refractivity contribution in [2.24, 2.45) is 23.2 Å². The third-order valence-corrected chi connectivity index (χ3v) is 7.08. The molecule has 1 heterocycles. The van der Waals surface area contributed by atoms with Gasteiger partial charge in [0, 0.05) is 11.8 Å². The molecule has 0 N–H and O–H groups in total. The predicted octanol–water partition coefficient (Wildman–Crippen LogP) is 4.56. The van der Waals surface area contributed by atoms with Crippen LogP contribution in [0.3, 0.4) is 0 Å². The second-order valence-corrected chi connectivity index (χ2v) is 9.19. The highest BCUT2D eigenvalue weighted by Crippen LogP contribution is 2.61. The molecule has 4 heteroatoms. The summed E-state index contributed by atoms with van der Waals surface area (Å²) in [5.74, 6) is 4.43. The van der Waals surface area contributed by atoms with Crippen LogP contribution in [0.15, 0.2) is 11.5 Å². The van der Waals surface area contributed by atoms with E-state index < -0.39 is 0 Å². The van der Waals surface area contributed by atoms with Gasteiger partial charge in [-0.3, -0.25) is 0 Å². The van der Waals surface area contributed by atoms with Gasteiger partial charge >= 0.3 is 0 Å². The van der Waals surface area contributed by atoms with E-state index in [1.807, 2.05) is 18.1 Å². The van der Waals surface area contributed by atoms with E-state index in [1.165, 1.54) is 31.4 Å². The Labute approximate surface area is 132 Å². The number of rotatable bonds is 5. The minimum atomic E-state index is 0.460. The second-order valence-electron chi connectivity index (χ2n) is 8.13. The highest BCUT2D eigenvalue weighted by atomic mass is 32.2. The fourth-order valence-electron chi connectivity index (χ4n) is 5.64. The number of nitrogens with zero attached hydrogens (tertiary/aromatic N) is 3. The first-order chi connectivity index (χ1) is 10.1. The number of hydrogen-bond acceptors (Lipinski definition) is 3. The zero-order valence-corrected chi connectivity index (χ0v) is 14.1. The maximum atomic E-state index is 4.30. The molecule has 0 aromatic carbocycles. The van der Waals surface area contributed by atoms with Crippen molar-refractivity contribution in [1.82, 2.24) is 14.8 Å². The van der Waals surface area contributed by atoms with E-state index in [0.717, 1.165) is 22.9 Å². The van der Waals surface area contributed by atoms with E-state index in [0.29, 0.717) is 11.5 Å². The topological polar surface area (TPSA) is 30.7 Å². The van der Waals surface area contributed by atoms with Crippen LogP contribution in [0.5, 0.6) is 0 Å². The maximum Gasteiger partial charge on any atom is 0.191 e. The van der Waals surface area contributed by atoms with Crippen LogP contribution in [-0.2, 0) is 0 Å². The highest BCUT2D eigenvalue weighted by Gasteiger charge is 2.50. The first kappa shape index (κ1) is 14.1. The molecule has 0 spiro atoms. The molecule has 4 bridgehead atoms. The zero-order valence-electron chi connectivity index (χ0n) is 13.3. The summed E-state index contributed by atoms with van der Waals surface area (Å²) in [7, 11) is 0. The lowest BCUT2D eigenvalue weighted by atomic mass is 9.49. The maximum absolute atomic E-state index is 4.30. The lowest BCUT2D eigenvalue weighted by molar-refractivity contribution is -0.0538. The van der Waals surface area contributed by atoms with Gasteiger partial charge in [-0.15, -0.1) is 10.2 Å². The van der Waals surface area contributed by atoms with E-state index in [9.17, 15) is 0 Å². The number of thioether (sulfide) groups is 1. The van der Waals surface area contributed by atoms with Gasteiger partial charge in [0.15, 0.2) is 5.16 Å². The Kier molecular flexibility index (Phi) is 3.55. The SMILES string of the molecule is CC(C)n1cnnc1SCCC12CC3CC(CC(C3)C1)C2. The van der Waals surface area contributed by atoms with Crippen molar-refractivity contribution in [3.05, 3.63) is 6.33 Å². The van der Waals surface area contributed by atoms with Gasteiger partial charge in [0.2, 0.25) is 0 Å². The van der Waals surface area contributed by atoms with Gasteiger partial charge in [0.1, 0.15) is 6.33 Å². The summed E-state index contributed by atoms with van der Waals surface area (Å²) >= 11 is 1.92. The molecule has 3 nitrogen and oxygen atoms in total. The van der Waals surface area contributed by atoms with Crippen molar-refractivity contribution in [2.45, 2.75) is 70.0 Å². The normalized spacial score (nSPS) is 37.6. The largest absolute Gasteiger partial charge is 0.306 e. The van der Waals surface area contributed by atoms with Crippen molar-refractivity contribution in [3.63, 3.8) is 0 Å². The van der Waals surface area contributed by atoms with Gasteiger partial charge in [0.05, 0.1) is 0 Å². The Hall–Kier alpha value is -0.510. The fourth-order valence-corrected chi connectivity index (χ4v) is 6.87. The van der Waals surface area contributed by atoms with Crippen LogP contribution in [-0.4, -0.2) is 20.5 Å². The minimum Gasteiger partial charge on any atom is -0.306 e. The van der Waals surface area contributed by atoms with Gasteiger partial charge in [-0.1, -0.05) is 11.8 Å². The molecule has 1 aromatic heterocycles. The fraction of sp³-hybridized carbons (Fsp3) is 0.882. The molecule has 0 atom stereocenters. The third-order valence-electron chi connectivity index (χ3n) is 6.13. The Morgan fingerprint density at radius 1 is 1.19 bits per heavy atom. The summed E-state index contributed by atoms with van der Waals surface area (Å²) in [6.07, 6.45) is 12.5. The molecule has 4 aliphatic rings. The van der Waals surface area contributed by atoms with Gasteiger partial charge < -0.3 is 4.57 Å². The lowest BCUT2D eigenvalue weighted by Gasteiger charge is -2.57. The van der Waals surface area contributed by atoms with E-state index >= 15 is 0 Å². The van der Waals surface area contributed by atoms with Crippen molar-refractivity contribution in [1.29, 1.82) is 0 Å². The summed E-state index contributed by atoms with van der Waals surface area (Å²) in [6, 6.07) is 0.460. The minimum absolute atomic E-state index is 0.460. The van der Waals surface area contributed by atoms with Crippen LogP contribution in [0.25, 0.3) is 0 Å². The molecule has 0 saturated heterocycles. The number of hydrogen-bond donors (Lipinski definition) is 0. The first-order valence-electron chi connectivity index (χ1n) is 8.66. The molecule has 1 aromatic rings. The quantitative estimate of drug-likeness (QED) is 0.747. The van der Waals surface area contributed by atoms with Crippen molar-refractivity contribution in [3.8, 4) is 0 Å². The lowest BCUT2D eigenvalue weighted by Crippen LogP contribution is -2.46. The monoisotopic (exact) mass is 305 g/mol. The predicted molar refractivity (Wildman–Crippen MR) is 86.4 cm³/mol. The molecule has 0 radical (unpaired) electrons. The van der Waals surface area contributed by atoms with Gasteiger partial charge in [-0.2, -0.15) is 0 Å². The molecule has 116 valence electrons. The van der Waals surface area contributed by atoms with Crippen LogP contribution in [0, 0.1) is 23.2 Å². The highest BCUT2D eigenvalue weighted by molar-refractivity contribution is 7.99. The smallest absolute Gasteiger partial charge is 0.191 e. The molecule has 5 rings (SSSR count). The van der Waals surface area contributed by atoms with Crippen LogP contribution >= 0.6 is 11.8 Å². The van der Waals surface area contributed by atoms with Crippen molar-refractivity contribution < 1.29 is 0 Å². The molecule has 0 unspecified atom stereocenters. The number of aromatic nitrogens is 3. The summed E-state index contributed by atoms with van der Waals surface area (Å²) in [5, 5.41) is 9.48. The molecule has 0 amide bonds. The Bertz CT molecular complexity index is 473. The molecule has 0 aliphatic heterocycles. The molecular weight excluding hydrogens is 278 g/mol.